The lowest BCUT2D eigenvalue weighted by Crippen LogP contribution is -2.26. The summed E-state index contributed by atoms with van der Waals surface area (Å²) in [7, 11) is 0. The number of amides is 1. The number of esters is 1. The van der Waals surface area contributed by atoms with Gasteiger partial charge in [0.05, 0.1) is 6.54 Å². The van der Waals surface area contributed by atoms with Crippen molar-refractivity contribution >= 4 is 11.9 Å². The van der Waals surface area contributed by atoms with Gasteiger partial charge in [0.2, 0.25) is 5.91 Å². The van der Waals surface area contributed by atoms with Crippen molar-refractivity contribution in [1.82, 2.24) is 5.32 Å². The quantitative estimate of drug-likeness (QED) is 0.590. The van der Waals surface area contributed by atoms with Gasteiger partial charge in [-0.05, 0) is 24.7 Å². The summed E-state index contributed by atoms with van der Waals surface area (Å²) >= 11 is 0. The van der Waals surface area contributed by atoms with Gasteiger partial charge in [-0.15, -0.1) is 0 Å². The molecule has 1 N–H and O–H groups in total. The second kappa shape index (κ2) is 7.30. The van der Waals surface area contributed by atoms with Gasteiger partial charge in [0.15, 0.2) is 0 Å². The van der Waals surface area contributed by atoms with Crippen molar-refractivity contribution in [1.29, 1.82) is 0 Å². The van der Waals surface area contributed by atoms with Gasteiger partial charge in [-0.1, -0.05) is 19.8 Å². The molecule has 0 aromatic heterocycles. The van der Waals surface area contributed by atoms with E-state index >= 15 is 0 Å². The van der Waals surface area contributed by atoms with Gasteiger partial charge in [0.25, 0.3) is 0 Å². The number of hydrogen-bond donors (Lipinski definition) is 1. The number of rotatable bonds is 5. The zero-order chi connectivity index (χ0) is 12.7. The van der Waals surface area contributed by atoms with E-state index in [4.69, 9.17) is 4.74 Å². The van der Waals surface area contributed by atoms with Crippen molar-refractivity contribution in [3.05, 3.63) is 0 Å². The minimum Gasteiger partial charge on any atom is -0.464 e. The summed E-state index contributed by atoms with van der Waals surface area (Å²) in [4.78, 5) is 22.1. The third-order valence-electron chi connectivity index (χ3n) is 3.33. The topological polar surface area (TPSA) is 55.4 Å². The van der Waals surface area contributed by atoms with Crippen LogP contribution in [0.1, 0.15) is 46.0 Å². The van der Waals surface area contributed by atoms with Crippen molar-refractivity contribution in [3.63, 3.8) is 0 Å². The number of carbonyl (C=O) groups is 2. The molecule has 1 aliphatic rings. The van der Waals surface area contributed by atoms with Crippen molar-refractivity contribution in [2.75, 3.05) is 13.2 Å². The lowest BCUT2D eigenvalue weighted by molar-refractivity contribution is -0.145. The molecule has 0 unspecified atom stereocenters. The van der Waals surface area contributed by atoms with Crippen LogP contribution in [0, 0.1) is 11.8 Å². The summed E-state index contributed by atoms with van der Waals surface area (Å²) in [6.07, 6.45) is 5.27. The Morgan fingerprint density at radius 2 is 1.88 bits per heavy atom. The second-order valence-electron chi connectivity index (χ2n) is 5.03. The highest BCUT2D eigenvalue weighted by molar-refractivity contribution is 5.73. The molecule has 0 radical (unpaired) electrons. The van der Waals surface area contributed by atoms with E-state index in [1.807, 2.05) is 0 Å². The van der Waals surface area contributed by atoms with E-state index in [0.717, 1.165) is 18.8 Å². The van der Waals surface area contributed by atoms with Crippen LogP contribution in [0.25, 0.3) is 0 Å². The van der Waals surface area contributed by atoms with Crippen LogP contribution in [0.15, 0.2) is 0 Å². The number of hydrogen-bond acceptors (Lipinski definition) is 3. The Kier molecular flexibility index (Phi) is 6.01. The Hall–Kier alpha value is -1.06. The van der Waals surface area contributed by atoms with Gasteiger partial charge < -0.3 is 10.1 Å². The van der Waals surface area contributed by atoms with E-state index in [2.05, 4.69) is 12.2 Å². The molecule has 0 aliphatic heterocycles. The fraction of sp³-hybridized carbons (Fsp3) is 0.846. The average molecular weight is 241 g/mol. The maximum absolute atomic E-state index is 11.5. The molecule has 0 saturated heterocycles. The lowest BCUT2D eigenvalue weighted by Gasteiger charge is -2.25. The maximum Gasteiger partial charge on any atom is 0.306 e. The first-order valence-corrected chi connectivity index (χ1v) is 6.48. The highest BCUT2D eigenvalue weighted by Gasteiger charge is 2.21. The van der Waals surface area contributed by atoms with Gasteiger partial charge in [-0.2, -0.15) is 0 Å². The number of nitrogens with one attached hydrogen (secondary N) is 1. The smallest absolute Gasteiger partial charge is 0.306 e. The minimum atomic E-state index is -0.130. The zero-order valence-corrected chi connectivity index (χ0v) is 10.8. The van der Waals surface area contributed by atoms with Crippen LogP contribution >= 0.6 is 0 Å². The SMILES string of the molecule is CC(=O)NCCOC(=O)CC1CCC(C)CC1. The van der Waals surface area contributed by atoms with Crippen LogP contribution < -0.4 is 5.32 Å². The normalized spacial score (nSPS) is 24.1. The molecule has 0 heterocycles. The molecule has 4 nitrogen and oxygen atoms in total. The fourth-order valence-corrected chi connectivity index (χ4v) is 2.22. The molecule has 4 heteroatoms. The van der Waals surface area contributed by atoms with Crippen LogP contribution in [0.2, 0.25) is 0 Å². The third kappa shape index (κ3) is 6.29. The Bertz CT molecular complexity index is 257. The monoisotopic (exact) mass is 241 g/mol. The van der Waals surface area contributed by atoms with E-state index in [9.17, 15) is 9.59 Å². The molecule has 17 heavy (non-hydrogen) atoms. The number of ether oxygens (including phenoxy) is 1. The Morgan fingerprint density at radius 1 is 1.24 bits per heavy atom. The summed E-state index contributed by atoms with van der Waals surface area (Å²) in [6, 6.07) is 0. The molecule has 1 fully saturated rings. The van der Waals surface area contributed by atoms with Crippen molar-refractivity contribution < 1.29 is 14.3 Å². The molecule has 0 atom stereocenters. The van der Waals surface area contributed by atoms with Gasteiger partial charge in [-0.3, -0.25) is 9.59 Å². The summed E-state index contributed by atoms with van der Waals surface area (Å²) in [5, 5.41) is 2.59. The largest absolute Gasteiger partial charge is 0.464 e. The van der Waals surface area contributed by atoms with E-state index in [1.54, 1.807) is 0 Å². The molecule has 1 rings (SSSR count). The molecule has 0 aromatic carbocycles. The maximum atomic E-state index is 11.5. The second-order valence-corrected chi connectivity index (χ2v) is 5.03. The van der Waals surface area contributed by atoms with Gasteiger partial charge >= 0.3 is 5.97 Å². The Balaban J connectivity index is 2.06. The standard InChI is InChI=1S/C13H23NO3/c1-10-3-5-12(6-4-10)9-13(16)17-8-7-14-11(2)15/h10,12H,3-9H2,1-2H3,(H,14,15). The first kappa shape index (κ1) is 14.0. The molecule has 0 aromatic rings. The van der Waals surface area contributed by atoms with Crippen LogP contribution in [0.3, 0.4) is 0 Å². The third-order valence-corrected chi connectivity index (χ3v) is 3.33. The van der Waals surface area contributed by atoms with Crippen LogP contribution in [-0.2, 0) is 14.3 Å². The van der Waals surface area contributed by atoms with Crippen molar-refractivity contribution in [3.8, 4) is 0 Å². The first-order valence-electron chi connectivity index (χ1n) is 6.48. The van der Waals surface area contributed by atoms with E-state index in [1.165, 1.54) is 19.8 Å². The highest BCUT2D eigenvalue weighted by atomic mass is 16.5. The zero-order valence-electron chi connectivity index (χ0n) is 10.8. The van der Waals surface area contributed by atoms with Crippen LogP contribution in [0.4, 0.5) is 0 Å². The van der Waals surface area contributed by atoms with Gasteiger partial charge in [0.1, 0.15) is 6.61 Å². The lowest BCUT2D eigenvalue weighted by atomic mass is 9.81. The van der Waals surface area contributed by atoms with E-state index in [0.29, 0.717) is 18.9 Å². The van der Waals surface area contributed by atoms with Crippen LogP contribution in [-0.4, -0.2) is 25.0 Å². The Morgan fingerprint density at radius 3 is 2.47 bits per heavy atom. The van der Waals surface area contributed by atoms with Gasteiger partial charge in [-0.25, -0.2) is 0 Å². The predicted molar refractivity (Wildman–Crippen MR) is 65.4 cm³/mol. The van der Waals surface area contributed by atoms with Gasteiger partial charge in [0, 0.05) is 13.3 Å². The first-order chi connectivity index (χ1) is 8.08. The molecular formula is C13H23NO3. The van der Waals surface area contributed by atoms with Crippen molar-refractivity contribution in [2.45, 2.75) is 46.0 Å². The molecule has 1 amide bonds. The van der Waals surface area contributed by atoms with E-state index in [-0.39, 0.29) is 18.5 Å². The van der Waals surface area contributed by atoms with Crippen molar-refractivity contribution in [2.24, 2.45) is 11.8 Å². The van der Waals surface area contributed by atoms with Crippen LogP contribution in [0.5, 0.6) is 0 Å². The predicted octanol–water partition coefficient (Wildman–Crippen LogP) is 1.88. The molecule has 0 bridgehead atoms. The van der Waals surface area contributed by atoms with E-state index < -0.39 is 0 Å². The summed E-state index contributed by atoms with van der Waals surface area (Å²) in [5.74, 6) is 1.08. The molecule has 98 valence electrons. The molecule has 1 saturated carbocycles. The summed E-state index contributed by atoms with van der Waals surface area (Å²) in [6.45, 7) is 4.40. The average Bonchev–Trinajstić information content (AvgIpc) is 2.27. The minimum absolute atomic E-state index is 0.0951. The molecule has 1 aliphatic carbocycles. The highest BCUT2D eigenvalue weighted by Crippen LogP contribution is 2.30. The Labute approximate surface area is 103 Å². The molecular weight excluding hydrogens is 218 g/mol. The molecule has 0 spiro atoms. The summed E-state index contributed by atoms with van der Waals surface area (Å²) in [5.41, 5.74) is 0. The fourth-order valence-electron chi connectivity index (χ4n) is 2.22. The number of carbonyl (C=O) groups excluding carboxylic acids is 2. The summed E-state index contributed by atoms with van der Waals surface area (Å²) < 4.78 is 5.07.